The van der Waals surface area contributed by atoms with Crippen LogP contribution in [0.3, 0.4) is 0 Å². The van der Waals surface area contributed by atoms with Crippen molar-refractivity contribution in [2.45, 2.75) is 51.0 Å². The molecule has 3 heterocycles. The highest BCUT2D eigenvalue weighted by Gasteiger charge is 2.32. The maximum absolute atomic E-state index is 12.6. The zero-order valence-electron chi connectivity index (χ0n) is 14.6. The molecule has 7 heteroatoms. The lowest BCUT2D eigenvalue weighted by molar-refractivity contribution is -0.131. The topological polar surface area (TPSA) is 89.9 Å². The van der Waals surface area contributed by atoms with Crippen LogP contribution in [0.15, 0.2) is 12.4 Å². The van der Waals surface area contributed by atoms with E-state index in [-0.39, 0.29) is 5.92 Å². The molecule has 0 unspecified atom stereocenters. The predicted molar refractivity (Wildman–Crippen MR) is 94.9 cm³/mol. The van der Waals surface area contributed by atoms with Crippen molar-refractivity contribution in [1.82, 2.24) is 24.6 Å². The molecule has 25 heavy (non-hydrogen) atoms. The Labute approximate surface area is 147 Å². The summed E-state index contributed by atoms with van der Waals surface area (Å²) >= 11 is 0. The minimum atomic E-state index is 0.241. The molecule has 2 N–H and O–H groups in total. The van der Waals surface area contributed by atoms with Crippen molar-refractivity contribution in [3.8, 4) is 0 Å². The van der Waals surface area contributed by atoms with Crippen LogP contribution in [0, 0.1) is 5.92 Å². The average Bonchev–Trinajstić information content (AvgIpc) is 3.35. The van der Waals surface area contributed by atoms with Gasteiger partial charge in [-0.2, -0.15) is 5.10 Å². The van der Waals surface area contributed by atoms with Crippen LogP contribution in [0.5, 0.6) is 0 Å². The smallest absolute Gasteiger partial charge is 0.222 e. The fourth-order valence-corrected chi connectivity index (χ4v) is 4.28. The molecule has 0 radical (unpaired) electrons. The molecule has 2 fully saturated rings. The number of nitrogens with two attached hydrogens (primary N) is 1. The lowest BCUT2D eigenvalue weighted by Crippen LogP contribution is -2.29. The van der Waals surface area contributed by atoms with E-state index in [0.717, 1.165) is 42.8 Å². The summed E-state index contributed by atoms with van der Waals surface area (Å²) in [6.45, 7) is 2.72. The summed E-state index contributed by atoms with van der Waals surface area (Å²) in [6.07, 6.45) is 10.1. The van der Waals surface area contributed by atoms with Gasteiger partial charge in [0.1, 0.15) is 5.52 Å². The number of likely N-dealkylation sites (tertiary alicyclic amines) is 1. The number of carbonyl (C=O) groups is 1. The van der Waals surface area contributed by atoms with E-state index in [4.69, 9.17) is 10.8 Å². The van der Waals surface area contributed by atoms with Crippen molar-refractivity contribution in [3.63, 3.8) is 0 Å². The van der Waals surface area contributed by atoms with Gasteiger partial charge in [-0.3, -0.25) is 4.79 Å². The normalized spacial score (nSPS) is 21.5. The van der Waals surface area contributed by atoms with Crippen LogP contribution in [0.4, 0.5) is 0 Å². The molecule has 1 atom stereocenters. The highest BCUT2D eigenvalue weighted by molar-refractivity contribution is 5.78. The van der Waals surface area contributed by atoms with Crippen molar-refractivity contribution < 1.29 is 4.79 Å². The third-order valence-corrected chi connectivity index (χ3v) is 5.60. The maximum Gasteiger partial charge on any atom is 0.222 e. The fourth-order valence-electron chi connectivity index (χ4n) is 4.28. The van der Waals surface area contributed by atoms with Crippen LogP contribution in [0.25, 0.3) is 11.2 Å². The number of aromatic nitrogens is 4. The van der Waals surface area contributed by atoms with E-state index >= 15 is 0 Å². The van der Waals surface area contributed by atoms with Crippen LogP contribution in [-0.2, 0) is 11.3 Å². The second kappa shape index (κ2) is 7.07. The molecular weight excluding hydrogens is 316 g/mol. The summed E-state index contributed by atoms with van der Waals surface area (Å²) in [5.74, 6) is 1.15. The quantitative estimate of drug-likeness (QED) is 0.893. The monoisotopic (exact) mass is 342 g/mol. The van der Waals surface area contributed by atoms with Gasteiger partial charge in [0, 0.05) is 44.4 Å². The minimum Gasteiger partial charge on any atom is -0.342 e. The zero-order valence-corrected chi connectivity index (χ0v) is 14.6. The Morgan fingerprint density at radius 1 is 1.20 bits per heavy atom. The molecule has 2 aromatic rings. The first-order chi connectivity index (χ1) is 12.3. The van der Waals surface area contributed by atoms with E-state index in [1.54, 1.807) is 12.4 Å². The second-order valence-corrected chi connectivity index (χ2v) is 7.31. The molecule has 2 aliphatic rings. The van der Waals surface area contributed by atoms with Gasteiger partial charge in [0.15, 0.2) is 5.65 Å². The van der Waals surface area contributed by atoms with Gasteiger partial charge in [0.2, 0.25) is 5.91 Å². The van der Waals surface area contributed by atoms with Crippen molar-refractivity contribution in [2.75, 3.05) is 19.6 Å². The molecule has 4 rings (SSSR count). The summed E-state index contributed by atoms with van der Waals surface area (Å²) in [5.41, 5.74) is 8.30. The Hall–Kier alpha value is -2.02. The van der Waals surface area contributed by atoms with E-state index < -0.39 is 0 Å². The van der Waals surface area contributed by atoms with Crippen molar-refractivity contribution >= 4 is 17.1 Å². The average molecular weight is 342 g/mol. The number of rotatable bonds is 5. The third kappa shape index (κ3) is 3.25. The van der Waals surface area contributed by atoms with Crippen molar-refractivity contribution in [3.05, 3.63) is 18.1 Å². The van der Waals surface area contributed by atoms with Crippen molar-refractivity contribution in [1.29, 1.82) is 0 Å². The van der Waals surface area contributed by atoms with Crippen LogP contribution in [0.2, 0.25) is 0 Å². The molecule has 2 aromatic heterocycles. The first-order valence-corrected chi connectivity index (χ1v) is 9.41. The zero-order chi connectivity index (χ0) is 17.2. The summed E-state index contributed by atoms with van der Waals surface area (Å²) in [6, 6.07) is 0. The number of hydrogen-bond donors (Lipinski definition) is 1. The molecule has 1 aliphatic heterocycles. The Bertz CT molecular complexity index is 751. The van der Waals surface area contributed by atoms with Gasteiger partial charge in [0.25, 0.3) is 0 Å². The Kier molecular flexibility index (Phi) is 4.65. The van der Waals surface area contributed by atoms with Crippen LogP contribution in [0.1, 0.15) is 50.1 Å². The lowest BCUT2D eigenvalue weighted by atomic mass is 10.0. The fraction of sp³-hybridized carbons (Fsp3) is 0.667. The predicted octanol–water partition coefficient (Wildman–Crippen LogP) is 1.68. The van der Waals surface area contributed by atoms with E-state index in [1.807, 2.05) is 9.58 Å². The Morgan fingerprint density at radius 3 is 2.80 bits per heavy atom. The lowest BCUT2D eigenvalue weighted by Gasteiger charge is -2.18. The molecule has 1 aliphatic carbocycles. The van der Waals surface area contributed by atoms with Gasteiger partial charge in [-0.1, -0.05) is 12.8 Å². The molecule has 7 nitrogen and oxygen atoms in total. The molecule has 1 amide bonds. The Balaban J connectivity index is 1.49. The van der Waals surface area contributed by atoms with Crippen LogP contribution in [-0.4, -0.2) is 50.2 Å². The first kappa shape index (κ1) is 16.4. The molecule has 0 bridgehead atoms. The van der Waals surface area contributed by atoms with E-state index in [0.29, 0.717) is 24.9 Å². The van der Waals surface area contributed by atoms with E-state index in [2.05, 4.69) is 9.97 Å². The number of carbonyl (C=O) groups excluding carboxylic acids is 1. The van der Waals surface area contributed by atoms with Crippen LogP contribution < -0.4 is 5.73 Å². The van der Waals surface area contributed by atoms with Crippen LogP contribution >= 0.6 is 0 Å². The molecule has 0 aromatic carbocycles. The number of hydrogen-bond acceptors (Lipinski definition) is 5. The van der Waals surface area contributed by atoms with Gasteiger partial charge in [-0.25, -0.2) is 14.6 Å². The minimum absolute atomic E-state index is 0.241. The maximum atomic E-state index is 12.6. The largest absolute Gasteiger partial charge is 0.342 e. The molecule has 1 saturated heterocycles. The third-order valence-electron chi connectivity index (χ3n) is 5.60. The van der Waals surface area contributed by atoms with E-state index in [1.165, 1.54) is 25.7 Å². The number of nitrogens with zero attached hydrogens (tertiary/aromatic N) is 5. The Morgan fingerprint density at radius 2 is 2.00 bits per heavy atom. The van der Waals surface area contributed by atoms with Gasteiger partial charge >= 0.3 is 0 Å². The number of amides is 1. The summed E-state index contributed by atoms with van der Waals surface area (Å²) in [7, 11) is 0. The summed E-state index contributed by atoms with van der Waals surface area (Å²) < 4.78 is 1.85. The van der Waals surface area contributed by atoms with Gasteiger partial charge in [-0.05, 0) is 25.2 Å². The second-order valence-electron chi connectivity index (χ2n) is 7.31. The highest BCUT2D eigenvalue weighted by atomic mass is 16.2. The molecular formula is C18H26N6O. The SMILES string of the molecule is NCCn1nc([C@H]2CCN(C(=O)CC3CCCC3)C2)c2nccnc21. The molecule has 1 saturated carbocycles. The van der Waals surface area contributed by atoms with Gasteiger partial charge < -0.3 is 10.6 Å². The van der Waals surface area contributed by atoms with Gasteiger partial charge in [0.05, 0.1) is 12.2 Å². The van der Waals surface area contributed by atoms with Crippen molar-refractivity contribution in [2.24, 2.45) is 11.7 Å². The first-order valence-electron chi connectivity index (χ1n) is 9.41. The van der Waals surface area contributed by atoms with E-state index in [9.17, 15) is 4.79 Å². The summed E-state index contributed by atoms with van der Waals surface area (Å²) in [5, 5.41) is 4.73. The summed E-state index contributed by atoms with van der Waals surface area (Å²) in [4.78, 5) is 23.5. The van der Waals surface area contributed by atoms with Gasteiger partial charge in [-0.15, -0.1) is 0 Å². The highest BCUT2D eigenvalue weighted by Crippen LogP contribution is 2.32. The standard InChI is InChI=1S/C18H26N6O/c19-6-10-24-18-17(20-7-8-21-18)16(22-24)14-5-9-23(12-14)15(25)11-13-3-1-2-4-13/h7-8,13-14H,1-6,9-12,19H2/t14-/m0/s1. The molecule has 0 spiro atoms. The number of fused-ring (bicyclic) bond motifs is 1. The molecule has 134 valence electrons.